The molecule has 0 spiro atoms. The third-order valence-corrected chi connectivity index (χ3v) is 5.33. The van der Waals surface area contributed by atoms with Crippen molar-refractivity contribution in [1.29, 1.82) is 0 Å². The van der Waals surface area contributed by atoms with Crippen molar-refractivity contribution in [3.05, 3.63) is 29.0 Å². The summed E-state index contributed by atoms with van der Waals surface area (Å²) in [7, 11) is -3.77. The first-order valence-electron chi connectivity index (χ1n) is 7.73. The Morgan fingerprint density at radius 2 is 1.92 bits per heavy atom. The number of carbonyl (C=O) groups is 1. The number of nitrogens with one attached hydrogen (secondary N) is 1. The van der Waals surface area contributed by atoms with Crippen LogP contribution in [-0.2, 0) is 14.8 Å². The van der Waals surface area contributed by atoms with Crippen LogP contribution in [0.15, 0.2) is 18.2 Å². The molecule has 0 saturated carbocycles. The molecule has 1 N–H and O–H groups in total. The molecule has 0 fully saturated rings. The molecule has 0 bridgehead atoms. The smallest absolute Gasteiger partial charge is 0.244 e. The van der Waals surface area contributed by atoms with Crippen molar-refractivity contribution in [2.45, 2.75) is 46.2 Å². The number of hydrogen-bond donors (Lipinski definition) is 1. The van der Waals surface area contributed by atoms with E-state index in [1.54, 1.807) is 6.92 Å². The van der Waals surface area contributed by atoms with Crippen LogP contribution in [0.5, 0.6) is 0 Å². The van der Waals surface area contributed by atoms with Gasteiger partial charge in [0.05, 0.1) is 17.0 Å². The van der Waals surface area contributed by atoms with Gasteiger partial charge in [-0.15, -0.1) is 0 Å². The molecule has 24 heavy (non-hydrogen) atoms. The number of hydrogen-bond acceptors (Lipinski definition) is 3. The molecule has 136 valence electrons. The third kappa shape index (κ3) is 5.08. The predicted molar refractivity (Wildman–Crippen MR) is 95.3 cm³/mol. The van der Waals surface area contributed by atoms with Crippen molar-refractivity contribution < 1.29 is 17.6 Å². The first-order chi connectivity index (χ1) is 11.0. The van der Waals surface area contributed by atoms with E-state index < -0.39 is 27.8 Å². The van der Waals surface area contributed by atoms with Crippen molar-refractivity contribution in [1.82, 2.24) is 5.32 Å². The van der Waals surface area contributed by atoms with Gasteiger partial charge in [-0.1, -0.05) is 32.4 Å². The Bertz CT molecular complexity index is 695. The van der Waals surface area contributed by atoms with Crippen LogP contribution in [0.2, 0.25) is 5.02 Å². The van der Waals surface area contributed by atoms with E-state index in [0.29, 0.717) is 0 Å². The molecule has 0 heterocycles. The highest BCUT2D eigenvalue weighted by atomic mass is 35.5. The van der Waals surface area contributed by atoms with Gasteiger partial charge in [0.25, 0.3) is 0 Å². The van der Waals surface area contributed by atoms with Crippen molar-refractivity contribution >= 4 is 33.2 Å². The van der Waals surface area contributed by atoms with Gasteiger partial charge in [-0.3, -0.25) is 9.10 Å². The predicted octanol–water partition coefficient (Wildman–Crippen LogP) is 3.18. The van der Waals surface area contributed by atoms with Crippen LogP contribution in [-0.4, -0.2) is 32.7 Å². The summed E-state index contributed by atoms with van der Waals surface area (Å²) in [6, 6.07) is 2.54. The second kappa shape index (κ2) is 8.16. The quantitative estimate of drug-likeness (QED) is 0.792. The van der Waals surface area contributed by atoms with Gasteiger partial charge in [-0.25, -0.2) is 12.8 Å². The first kappa shape index (κ1) is 20.7. The number of sulfonamides is 1. The lowest BCUT2D eigenvalue weighted by atomic mass is 10.1. The minimum absolute atomic E-state index is 0.107. The molecule has 0 aliphatic heterocycles. The summed E-state index contributed by atoms with van der Waals surface area (Å²) >= 11 is 5.76. The Kier molecular flexibility index (Phi) is 7.04. The van der Waals surface area contributed by atoms with Gasteiger partial charge >= 0.3 is 0 Å². The molecule has 1 aromatic rings. The third-order valence-electron chi connectivity index (χ3n) is 3.86. The van der Waals surface area contributed by atoms with E-state index in [2.05, 4.69) is 5.32 Å². The highest BCUT2D eigenvalue weighted by Gasteiger charge is 2.32. The number of amides is 1. The van der Waals surface area contributed by atoms with E-state index in [0.717, 1.165) is 16.6 Å². The number of anilines is 1. The molecule has 1 aromatic carbocycles. The Balaban J connectivity index is 3.27. The van der Waals surface area contributed by atoms with Gasteiger partial charge < -0.3 is 5.32 Å². The lowest BCUT2D eigenvalue weighted by Crippen LogP contribution is -2.52. The maximum atomic E-state index is 13.4. The van der Waals surface area contributed by atoms with E-state index in [4.69, 9.17) is 11.6 Å². The van der Waals surface area contributed by atoms with Crippen LogP contribution in [0.4, 0.5) is 10.1 Å². The highest BCUT2D eigenvalue weighted by Crippen LogP contribution is 2.27. The van der Waals surface area contributed by atoms with Crippen LogP contribution in [0.25, 0.3) is 0 Å². The molecular formula is C16H24ClFN2O3S. The number of carbonyl (C=O) groups excluding carboxylic acids is 1. The van der Waals surface area contributed by atoms with Gasteiger partial charge in [0.2, 0.25) is 15.9 Å². The van der Waals surface area contributed by atoms with Gasteiger partial charge in [-0.05, 0) is 37.5 Å². The zero-order chi connectivity index (χ0) is 18.7. The van der Waals surface area contributed by atoms with Crippen LogP contribution in [0, 0.1) is 11.7 Å². The topological polar surface area (TPSA) is 66.5 Å². The Labute approximate surface area is 148 Å². The lowest BCUT2D eigenvalue weighted by molar-refractivity contribution is -0.123. The van der Waals surface area contributed by atoms with E-state index in [1.807, 2.05) is 20.8 Å². The monoisotopic (exact) mass is 378 g/mol. The summed E-state index contributed by atoms with van der Waals surface area (Å²) in [6.45, 7) is 7.49. The molecule has 0 saturated heterocycles. The molecule has 0 aromatic heterocycles. The summed E-state index contributed by atoms with van der Waals surface area (Å²) in [4.78, 5) is 12.6. The summed E-state index contributed by atoms with van der Waals surface area (Å²) in [5.41, 5.74) is 0.156. The van der Waals surface area contributed by atoms with Crippen LogP contribution in [0.1, 0.15) is 34.1 Å². The number of nitrogens with zero attached hydrogens (tertiary/aromatic N) is 1. The van der Waals surface area contributed by atoms with Crippen LogP contribution < -0.4 is 9.62 Å². The Hall–Kier alpha value is -1.34. The van der Waals surface area contributed by atoms with Crippen molar-refractivity contribution in [2.75, 3.05) is 10.6 Å². The zero-order valence-corrected chi connectivity index (χ0v) is 16.1. The maximum Gasteiger partial charge on any atom is 0.244 e. The molecule has 8 heteroatoms. The van der Waals surface area contributed by atoms with E-state index in [-0.39, 0.29) is 29.1 Å². The summed E-state index contributed by atoms with van der Waals surface area (Å²) < 4.78 is 38.9. The summed E-state index contributed by atoms with van der Waals surface area (Å²) in [5.74, 6) is -0.845. The second-order valence-corrected chi connectivity index (χ2v) is 8.39. The van der Waals surface area contributed by atoms with Gasteiger partial charge in [0, 0.05) is 6.04 Å². The second-order valence-electron chi connectivity index (χ2n) is 6.12. The van der Waals surface area contributed by atoms with Crippen LogP contribution in [0.3, 0.4) is 0 Å². The van der Waals surface area contributed by atoms with E-state index in [9.17, 15) is 17.6 Å². The highest BCUT2D eigenvalue weighted by molar-refractivity contribution is 7.92. The average Bonchev–Trinajstić information content (AvgIpc) is 2.46. The van der Waals surface area contributed by atoms with E-state index >= 15 is 0 Å². The Morgan fingerprint density at radius 1 is 1.33 bits per heavy atom. The van der Waals surface area contributed by atoms with Gasteiger partial charge in [0.15, 0.2) is 0 Å². The molecule has 5 nitrogen and oxygen atoms in total. The van der Waals surface area contributed by atoms with Gasteiger partial charge in [0.1, 0.15) is 11.9 Å². The van der Waals surface area contributed by atoms with Crippen molar-refractivity contribution in [2.24, 2.45) is 5.92 Å². The fourth-order valence-corrected chi connectivity index (χ4v) is 3.55. The number of rotatable bonds is 7. The van der Waals surface area contributed by atoms with Crippen LogP contribution >= 0.6 is 11.6 Å². The minimum Gasteiger partial charge on any atom is -0.352 e. The number of benzene rings is 1. The molecular weight excluding hydrogens is 355 g/mol. The van der Waals surface area contributed by atoms with Crippen molar-refractivity contribution in [3.8, 4) is 0 Å². The fourth-order valence-electron chi connectivity index (χ4n) is 2.17. The average molecular weight is 379 g/mol. The molecule has 0 aliphatic carbocycles. The summed E-state index contributed by atoms with van der Waals surface area (Å²) in [5, 5.41) is 2.62. The molecule has 0 aliphatic rings. The van der Waals surface area contributed by atoms with Gasteiger partial charge in [-0.2, -0.15) is 0 Å². The molecule has 1 rings (SSSR count). The van der Waals surface area contributed by atoms with E-state index in [1.165, 1.54) is 12.1 Å². The maximum absolute atomic E-state index is 13.4. The van der Waals surface area contributed by atoms with Crippen molar-refractivity contribution in [3.63, 3.8) is 0 Å². The zero-order valence-electron chi connectivity index (χ0n) is 14.5. The SMILES string of the molecule is CC[C@@H](C(=O)N[C@@H](C)C(C)C)N(c1ccc(F)c(Cl)c1)S(C)(=O)=O. The standard InChI is InChI=1S/C16H24ClFN2O3S/c1-6-15(16(21)19-11(4)10(2)3)20(24(5,22)23)12-7-8-14(18)13(17)9-12/h7-11,15H,6H2,1-5H3,(H,19,21)/t11-,15-/m0/s1. The minimum atomic E-state index is -3.77. The molecule has 0 radical (unpaired) electrons. The molecule has 1 amide bonds. The number of halogens is 2. The largest absolute Gasteiger partial charge is 0.352 e. The Morgan fingerprint density at radius 3 is 2.33 bits per heavy atom. The lowest BCUT2D eigenvalue weighted by Gasteiger charge is -2.31. The molecule has 0 unspecified atom stereocenters. The first-order valence-corrected chi connectivity index (χ1v) is 9.96. The fraction of sp³-hybridized carbons (Fsp3) is 0.562. The molecule has 2 atom stereocenters. The normalized spacial score (nSPS) is 14.3. The summed E-state index contributed by atoms with van der Waals surface area (Å²) in [6.07, 6.45) is 1.27.